The molecule has 0 unspecified atom stereocenters. The summed E-state index contributed by atoms with van der Waals surface area (Å²) in [7, 11) is 0. The number of benzene rings is 1. The van der Waals surface area contributed by atoms with Crippen LogP contribution in [0.3, 0.4) is 0 Å². The summed E-state index contributed by atoms with van der Waals surface area (Å²) in [5, 5.41) is 0. The van der Waals surface area contributed by atoms with Crippen molar-refractivity contribution in [3.8, 4) is 5.75 Å². The Labute approximate surface area is 68.1 Å². The maximum atomic E-state index is 12.7. The predicted octanol–water partition coefficient (Wildman–Crippen LogP) is 0.647. The molecule has 0 amide bonds. The lowest BCUT2D eigenvalue weighted by Gasteiger charge is -2.02. The monoisotopic (exact) mass is 170 g/mol. The van der Waals surface area contributed by atoms with Crippen LogP contribution in [0.5, 0.6) is 5.75 Å². The van der Waals surface area contributed by atoms with Crippen molar-refractivity contribution in [2.45, 2.75) is 0 Å². The van der Waals surface area contributed by atoms with Gasteiger partial charge in [0.25, 0.3) is 6.47 Å². The van der Waals surface area contributed by atoms with Gasteiger partial charge < -0.3 is 10.2 Å². The quantitative estimate of drug-likeness (QED) is 0.397. The van der Waals surface area contributed by atoms with Crippen LogP contribution in [0.15, 0.2) is 18.2 Å². The smallest absolute Gasteiger partial charge is 0.298 e. The van der Waals surface area contributed by atoms with Crippen molar-refractivity contribution in [1.82, 2.24) is 0 Å². The molecule has 0 bridgehead atoms. The van der Waals surface area contributed by atoms with Gasteiger partial charge in [0.2, 0.25) is 0 Å². The van der Waals surface area contributed by atoms with E-state index in [9.17, 15) is 9.18 Å². The van der Waals surface area contributed by atoms with E-state index in [0.717, 1.165) is 6.07 Å². The van der Waals surface area contributed by atoms with Crippen LogP contribution in [0.25, 0.3) is 0 Å². The summed E-state index contributed by atoms with van der Waals surface area (Å²) in [5.41, 5.74) is 2.76. The van der Waals surface area contributed by atoms with E-state index in [-0.39, 0.29) is 12.2 Å². The first kappa shape index (κ1) is 8.48. The second-order valence-electron chi connectivity index (χ2n) is 2.00. The Balaban J connectivity index is 2.99. The van der Waals surface area contributed by atoms with Crippen molar-refractivity contribution >= 4 is 12.2 Å². The lowest BCUT2D eigenvalue weighted by Crippen LogP contribution is -2.07. The summed E-state index contributed by atoms with van der Waals surface area (Å²) < 4.78 is 17.1. The number of rotatable bonds is 3. The van der Waals surface area contributed by atoms with Crippen LogP contribution >= 0.6 is 0 Å². The van der Waals surface area contributed by atoms with Crippen molar-refractivity contribution in [2.24, 2.45) is 5.84 Å². The number of ether oxygens (including phenoxy) is 1. The van der Waals surface area contributed by atoms with Crippen molar-refractivity contribution in [3.05, 3.63) is 24.0 Å². The molecule has 4 nitrogen and oxygen atoms in total. The van der Waals surface area contributed by atoms with Gasteiger partial charge in [-0.1, -0.05) is 0 Å². The third-order valence-electron chi connectivity index (χ3n) is 1.27. The van der Waals surface area contributed by atoms with Gasteiger partial charge in [0, 0.05) is 6.07 Å². The van der Waals surface area contributed by atoms with Crippen molar-refractivity contribution < 1.29 is 13.9 Å². The van der Waals surface area contributed by atoms with E-state index in [1.807, 2.05) is 0 Å². The first-order chi connectivity index (χ1) is 5.77. The van der Waals surface area contributed by atoms with Crippen LogP contribution in [0.2, 0.25) is 0 Å². The third-order valence-corrected chi connectivity index (χ3v) is 1.27. The van der Waals surface area contributed by atoms with E-state index in [4.69, 9.17) is 5.84 Å². The summed E-state index contributed by atoms with van der Waals surface area (Å²) in [6, 6.07) is 3.85. The first-order valence-corrected chi connectivity index (χ1v) is 3.14. The Hall–Kier alpha value is -1.62. The van der Waals surface area contributed by atoms with Crippen molar-refractivity contribution in [3.63, 3.8) is 0 Å². The van der Waals surface area contributed by atoms with Gasteiger partial charge in [-0.25, -0.2) is 4.39 Å². The Morgan fingerprint density at radius 3 is 2.92 bits per heavy atom. The zero-order valence-electron chi connectivity index (χ0n) is 6.08. The summed E-state index contributed by atoms with van der Waals surface area (Å²) >= 11 is 0. The first-order valence-electron chi connectivity index (χ1n) is 3.14. The number of nitrogens with one attached hydrogen (secondary N) is 1. The van der Waals surface area contributed by atoms with Crippen LogP contribution in [0.1, 0.15) is 0 Å². The second-order valence-corrected chi connectivity index (χ2v) is 2.00. The van der Waals surface area contributed by atoms with Gasteiger partial charge >= 0.3 is 0 Å². The fourth-order valence-electron chi connectivity index (χ4n) is 0.735. The second kappa shape index (κ2) is 3.68. The van der Waals surface area contributed by atoms with Gasteiger partial charge in [-0.05, 0) is 12.1 Å². The molecule has 0 aliphatic heterocycles. The number of carbonyl (C=O) groups is 1. The Kier molecular flexibility index (Phi) is 2.60. The largest absolute Gasteiger partial charge is 0.426 e. The number of hydrogen-bond donors (Lipinski definition) is 2. The number of nitrogens with two attached hydrogens (primary N) is 1. The molecule has 1 aromatic rings. The molecule has 0 heterocycles. The zero-order valence-corrected chi connectivity index (χ0v) is 6.08. The van der Waals surface area contributed by atoms with E-state index < -0.39 is 5.82 Å². The summed E-state index contributed by atoms with van der Waals surface area (Å²) in [5.74, 6) is 4.29. The average Bonchev–Trinajstić information content (AvgIpc) is 2.09. The van der Waals surface area contributed by atoms with Crippen LogP contribution in [-0.2, 0) is 4.79 Å². The highest BCUT2D eigenvalue weighted by Crippen LogP contribution is 2.20. The van der Waals surface area contributed by atoms with Crippen molar-refractivity contribution in [1.29, 1.82) is 0 Å². The Morgan fingerprint density at radius 1 is 1.58 bits per heavy atom. The van der Waals surface area contributed by atoms with Crippen LogP contribution < -0.4 is 16.0 Å². The minimum absolute atomic E-state index is 0.151. The molecule has 0 radical (unpaired) electrons. The fraction of sp³-hybridized carbons (Fsp3) is 0. The Bertz CT molecular complexity index is 291. The molecule has 0 fully saturated rings. The molecule has 1 aromatic carbocycles. The van der Waals surface area contributed by atoms with E-state index in [1.165, 1.54) is 12.1 Å². The third kappa shape index (κ3) is 1.70. The maximum absolute atomic E-state index is 12.7. The number of halogens is 1. The van der Waals surface area contributed by atoms with Gasteiger partial charge in [0.05, 0.1) is 5.69 Å². The number of hydrogen-bond acceptors (Lipinski definition) is 4. The molecule has 12 heavy (non-hydrogen) atoms. The Morgan fingerprint density at radius 2 is 2.33 bits per heavy atom. The van der Waals surface area contributed by atoms with Crippen LogP contribution in [0.4, 0.5) is 10.1 Å². The lowest BCUT2D eigenvalue weighted by atomic mass is 10.3. The normalized spacial score (nSPS) is 9.17. The molecule has 64 valence electrons. The van der Waals surface area contributed by atoms with Gasteiger partial charge in [-0.3, -0.25) is 10.6 Å². The molecular weight excluding hydrogens is 163 g/mol. The summed E-state index contributed by atoms with van der Waals surface area (Å²) in [4.78, 5) is 9.89. The average molecular weight is 170 g/mol. The number of anilines is 1. The minimum Gasteiger partial charge on any atom is -0.426 e. The molecule has 0 aliphatic carbocycles. The highest BCUT2D eigenvalue weighted by atomic mass is 19.1. The van der Waals surface area contributed by atoms with Gasteiger partial charge in [-0.2, -0.15) is 0 Å². The SMILES string of the molecule is NNc1ccc(F)c(OC=O)c1. The molecule has 5 heteroatoms. The maximum Gasteiger partial charge on any atom is 0.298 e. The molecule has 0 saturated heterocycles. The highest BCUT2D eigenvalue weighted by Gasteiger charge is 2.02. The molecule has 0 spiro atoms. The molecule has 0 aromatic heterocycles. The standard InChI is InChI=1S/C7H7FN2O2/c8-6-2-1-5(10-9)3-7(6)12-4-11/h1-4,10H,9H2. The number of hydrazine groups is 1. The minimum atomic E-state index is -0.610. The van der Waals surface area contributed by atoms with Crippen molar-refractivity contribution in [2.75, 3.05) is 5.43 Å². The van der Waals surface area contributed by atoms with E-state index in [0.29, 0.717) is 5.69 Å². The van der Waals surface area contributed by atoms with E-state index in [1.54, 1.807) is 0 Å². The van der Waals surface area contributed by atoms with Crippen LogP contribution in [0, 0.1) is 5.82 Å². The molecule has 0 saturated carbocycles. The molecule has 0 aliphatic rings. The molecule has 3 N–H and O–H groups in total. The number of nitrogen functional groups attached to an aromatic ring is 1. The molecule has 0 atom stereocenters. The molecular formula is C7H7FN2O2. The topological polar surface area (TPSA) is 64.3 Å². The summed E-state index contributed by atoms with van der Waals surface area (Å²) in [6.45, 7) is 0.151. The number of carbonyl (C=O) groups excluding carboxylic acids is 1. The highest BCUT2D eigenvalue weighted by molar-refractivity contribution is 5.52. The van der Waals surface area contributed by atoms with E-state index >= 15 is 0 Å². The lowest BCUT2D eigenvalue weighted by molar-refractivity contribution is -0.120. The van der Waals surface area contributed by atoms with Crippen LogP contribution in [-0.4, -0.2) is 6.47 Å². The van der Waals surface area contributed by atoms with E-state index in [2.05, 4.69) is 10.2 Å². The predicted molar refractivity (Wildman–Crippen MR) is 40.9 cm³/mol. The van der Waals surface area contributed by atoms with Gasteiger partial charge in [0.1, 0.15) is 0 Å². The summed E-state index contributed by atoms with van der Waals surface area (Å²) in [6.07, 6.45) is 0. The van der Waals surface area contributed by atoms with Gasteiger partial charge in [0.15, 0.2) is 11.6 Å². The zero-order chi connectivity index (χ0) is 8.97. The molecule has 1 rings (SSSR count). The van der Waals surface area contributed by atoms with Gasteiger partial charge in [-0.15, -0.1) is 0 Å². The fourth-order valence-corrected chi connectivity index (χ4v) is 0.735.